The summed E-state index contributed by atoms with van der Waals surface area (Å²) in [6.07, 6.45) is 0.178. The van der Waals surface area contributed by atoms with Gasteiger partial charge in [0, 0.05) is 32.1 Å². The summed E-state index contributed by atoms with van der Waals surface area (Å²) in [5, 5.41) is 27.4. The van der Waals surface area contributed by atoms with E-state index in [4.69, 9.17) is 19.4 Å². The monoisotopic (exact) mass is 533 g/mol. The van der Waals surface area contributed by atoms with Crippen LogP contribution in [0.3, 0.4) is 0 Å². The maximum absolute atomic E-state index is 12.4. The van der Waals surface area contributed by atoms with Crippen LogP contribution in [0, 0.1) is 5.92 Å². The molecule has 0 aliphatic carbocycles. The molecule has 4 N–H and O–H groups in total. The van der Waals surface area contributed by atoms with E-state index in [9.17, 15) is 19.8 Å². The van der Waals surface area contributed by atoms with Gasteiger partial charge in [-0.3, -0.25) is 9.36 Å². The molecule has 2 aliphatic rings. The number of carbonyl (C=O) groups excluding carboxylic acids is 2. The highest BCUT2D eigenvalue weighted by molar-refractivity contribution is 5.84. The molecule has 2 fully saturated rings. The van der Waals surface area contributed by atoms with Crippen molar-refractivity contribution in [1.29, 1.82) is 0 Å². The largest absolute Gasteiger partial charge is 0.453 e. The van der Waals surface area contributed by atoms with Crippen LogP contribution < -0.4 is 10.6 Å². The average molecular weight is 534 g/mol. The lowest BCUT2D eigenvalue weighted by Gasteiger charge is -2.30. The predicted octanol–water partition coefficient (Wildman–Crippen LogP) is 1.20. The highest BCUT2D eigenvalue weighted by Gasteiger charge is 2.47. The SMILES string of the molecule is CCNC(=O)[C@H]1O[C@@H](n2cnc3c(NC(CC)CC)nc(CC4CCN(C(=O)OC)CC4)nc32)C(O)[C@H]1O. The molecule has 1 unspecified atom stereocenters. The number of aromatic nitrogens is 4. The summed E-state index contributed by atoms with van der Waals surface area (Å²) in [6, 6.07) is 0.187. The van der Waals surface area contributed by atoms with Crippen LogP contribution in [0.25, 0.3) is 11.2 Å². The number of rotatable bonds is 9. The molecule has 2 aromatic rings. The van der Waals surface area contributed by atoms with Crippen LogP contribution in [0.5, 0.6) is 0 Å². The molecule has 2 saturated heterocycles. The number of aliphatic hydroxyl groups is 2. The van der Waals surface area contributed by atoms with Gasteiger partial charge in [-0.15, -0.1) is 0 Å². The third-order valence-electron chi connectivity index (χ3n) is 7.43. The normalized spacial score (nSPS) is 24.2. The second kappa shape index (κ2) is 12.2. The van der Waals surface area contributed by atoms with Crippen molar-refractivity contribution in [2.75, 3.05) is 32.1 Å². The number of methoxy groups -OCH3 is 1. The summed E-state index contributed by atoms with van der Waals surface area (Å²) in [5.74, 6) is 0.994. The Hall–Kier alpha value is -3.03. The van der Waals surface area contributed by atoms with Gasteiger partial charge in [0.2, 0.25) is 0 Å². The Bertz CT molecular complexity index is 1120. The standard InChI is InChI=1S/C25H39N7O6/c1-5-15(6-2)28-21-17-22(30-16(29-21)12-14-8-10-31(11-9-14)25(36)37-4)32(13-27-17)24-19(34)18(33)20(38-24)23(35)26-7-3/h13-15,18-20,24,33-34H,5-12H2,1-4H3,(H,26,35)(H,28,29,30)/t18-,19?,20+,24-/m1/s1. The Balaban J connectivity index is 1.64. The zero-order valence-electron chi connectivity index (χ0n) is 22.5. The number of fused-ring (bicyclic) bond motifs is 1. The molecule has 2 amide bonds. The van der Waals surface area contributed by atoms with Crippen molar-refractivity contribution >= 4 is 29.0 Å². The van der Waals surface area contributed by atoms with Gasteiger partial charge in [-0.25, -0.2) is 19.7 Å². The summed E-state index contributed by atoms with van der Waals surface area (Å²) in [4.78, 5) is 40.1. The summed E-state index contributed by atoms with van der Waals surface area (Å²) < 4.78 is 12.2. The molecule has 2 aromatic heterocycles. The Morgan fingerprint density at radius 1 is 1.16 bits per heavy atom. The average Bonchev–Trinajstić information content (AvgIpc) is 3.47. The molecule has 38 heavy (non-hydrogen) atoms. The molecule has 4 atom stereocenters. The van der Waals surface area contributed by atoms with Crippen LogP contribution in [0.15, 0.2) is 6.33 Å². The van der Waals surface area contributed by atoms with Crippen LogP contribution in [0.4, 0.5) is 10.6 Å². The van der Waals surface area contributed by atoms with Crippen LogP contribution in [-0.4, -0.2) is 97.7 Å². The number of imidazole rings is 1. The molecular formula is C25H39N7O6. The number of carbonyl (C=O) groups is 2. The fraction of sp³-hybridized carbons (Fsp3) is 0.720. The van der Waals surface area contributed by atoms with Crippen molar-refractivity contribution in [3.63, 3.8) is 0 Å². The summed E-state index contributed by atoms with van der Waals surface area (Å²) in [6.45, 7) is 7.55. The number of hydrogen-bond acceptors (Lipinski definition) is 10. The van der Waals surface area contributed by atoms with Gasteiger partial charge in [-0.2, -0.15) is 0 Å². The first kappa shape index (κ1) is 28.0. The maximum Gasteiger partial charge on any atom is 0.409 e. The van der Waals surface area contributed by atoms with E-state index in [1.807, 2.05) is 0 Å². The molecule has 4 heterocycles. The van der Waals surface area contributed by atoms with Gasteiger partial charge in [0.05, 0.1) is 13.4 Å². The predicted molar refractivity (Wildman–Crippen MR) is 138 cm³/mol. The van der Waals surface area contributed by atoms with Gasteiger partial charge in [0.25, 0.3) is 5.91 Å². The number of amides is 2. The smallest absolute Gasteiger partial charge is 0.409 e. The van der Waals surface area contributed by atoms with Crippen LogP contribution in [0.2, 0.25) is 0 Å². The molecule has 0 spiro atoms. The van der Waals surface area contributed by atoms with Gasteiger partial charge in [-0.05, 0) is 38.5 Å². The third kappa shape index (κ3) is 5.69. The van der Waals surface area contributed by atoms with Crippen molar-refractivity contribution in [3.05, 3.63) is 12.2 Å². The second-order valence-corrected chi connectivity index (χ2v) is 9.90. The summed E-state index contributed by atoms with van der Waals surface area (Å²) in [7, 11) is 1.39. The molecule has 0 saturated carbocycles. The molecule has 13 nitrogen and oxygen atoms in total. The van der Waals surface area contributed by atoms with Gasteiger partial charge < -0.3 is 35.2 Å². The summed E-state index contributed by atoms with van der Waals surface area (Å²) >= 11 is 0. The Morgan fingerprint density at radius 2 is 1.87 bits per heavy atom. The lowest BCUT2D eigenvalue weighted by Crippen LogP contribution is -2.42. The minimum absolute atomic E-state index is 0.187. The van der Waals surface area contributed by atoms with Crippen molar-refractivity contribution in [3.8, 4) is 0 Å². The number of anilines is 1. The van der Waals surface area contributed by atoms with Crippen LogP contribution in [-0.2, 0) is 20.7 Å². The van der Waals surface area contributed by atoms with Gasteiger partial charge in [0.15, 0.2) is 29.3 Å². The van der Waals surface area contributed by atoms with Crippen molar-refractivity contribution in [2.24, 2.45) is 5.92 Å². The molecule has 13 heteroatoms. The van der Waals surface area contributed by atoms with Crippen LogP contribution >= 0.6 is 0 Å². The van der Waals surface area contributed by atoms with Crippen molar-refractivity contribution in [1.82, 2.24) is 29.7 Å². The van der Waals surface area contributed by atoms with Crippen molar-refractivity contribution < 1.29 is 29.3 Å². The lowest BCUT2D eigenvalue weighted by molar-refractivity contribution is -0.137. The topological polar surface area (TPSA) is 164 Å². The van der Waals surface area contributed by atoms with Gasteiger partial charge in [-0.1, -0.05) is 13.8 Å². The number of ether oxygens (including phenoxy) is 2. The maximum atomic E-state index is 12.4. The second-order valence-electron chi connectivity index (χ2n) is 9.90. The number of aliphatic hydroxyl groups excluding tert-OH is 2. The highest BCUT2D eigenvalue weighted by atomic mass is 16.6. The first-order valence-electron chi connectivity index (χ1n) is 13.4. The number of nitrogens with one attached hydrogen (secondary N) is 2. The van der Waals surface area contributed by atoms with Gasteiger partial charge >= 0.3 is 6.09 Å². The van der Waals surface area contributed by atoms with E-state index in [1.54, 1.807) is 16.4 Å². The van der Waals surface area contributed by atoms with E-state index in [2.05, 4.69) is 29.5 Å². The van der Waals surface area contributed by atoms with E-state index in [1.165, 1.54) is 13.4 Å². The zero-order valence-corrected chi connectivity index (χ0v) is 22.5. The Labute approximate surface area is 221 Å². The molecule has 2 aliphatic heterocycles. The molecule has 0 bridgehead atoms. The minimum Gasteiger partial charge on any atom is -0.453 e. The molecule has 210 valence electrons. The first-order chi connectivity index (χ1) is 18.3. The highest BCUT2D eigenvalue weighted by Crippen LogP contribution is 2.33. The molecule has 0 radical (unpaired) electrons. The number of likely N-dealkylation sites (N-methyl/N-ethyl adjacent to an activating group) is 1. The Morgan fingerprint density at radius 3 is 2.50 bits per heavy atom. The first-order valence-corrected chi connectivity index (χ1v) is 13.4. The fourth-order valence-electron chi connectivity index (χ4n) is 5.11. The van der Waals surface area contributed by atoms with Crippen molar-refractivity contribution in [2.45, 2.75) is 83.5 Å². The summed E-state index contributed by atoms with van der Waals surface area (Å²) in [5.41, 5.74) is 0.969. The quantitative estimate of drug-likeness (QED) is 0.368. The van der Waals surface area contributed by atoms with Gasteiger partial charge in [0.1, 0.15) is 18.0 Å². The minimum atomic E-state index is -1.40. The molecule has 4 rings (SSSR count). The molecule has 0 aromatic carbocycles. The third-order valence-corrected chi connectivity index (χ3v) is 7.43. The lowest BCUT2D eigenvalue weighted by atomic mass is 9.93. The van der Waals surface area contributed by atoms with E-state index in [0.717, 1.165) is 25.7 Å². The molecular weight excluding hydrogens is 494 g/mol. The fourth-order valence-corrected chi connectivity index (χ4v) is 5.11. The number of piperidine rings is 1. The van der Waals surface area contributed by atoms with E-state index >= 15 is 0 Å². The number of nitrogens with zero attached hydrogens (tertiary/aromatic N) is 5. The van der Waals surface area contributed by atoms with E-state index in [0.29, 0.717) is 48.9 Å². The number of likely N-dealkylation sites (tertiary alicyclic amines) is 1. The Kier molecular flexibility index (Phi) is 9.00. The number of hydrogen-bond donors (Lipinski definition) is 4. The van der Waals surface area contributed by atoms with E-state index in [-0.39, 0.29) is 18.1 Å². The van der Waals surface area contributed by atoms with E-state index < -0.39 is 30.4 Å². The zero-order chi connectivity index (χ0) is 27.4. The van der Waals surface area contributed by atoms with Crippen LogP contribution in [0.1, 0.15) is 58.5 Å².